The topological polar surface area (TPSA) is 92.2 Å². The number of nitrogens with one attached hydrogen (secondary N) is 1. The Labute approximate surface area is 175 Å². The Morgan fingerprint density at radius 3 is 2.63 bits per heavy atom. The number of rotatable bonds is 6. The lowest BCUT2D eigenvalue weighted by Gasteiger charge is -2.37. The maximum atomic E-state index is 13.2. The van der Waals surface area contributed by atoms with E-state index >= 15 is 0 Å². The summed E-state index contributed by atoms with van der Waals surface area (Å²) in [6, 6.07) is 7.45. The molecule has 0 bridgehead atoms. The number of likely N-dealkylation sites (N-methyl/N-ethyl adjacent to an activating group) is 1. The van der Waals surface area contributed by atoms with Crippen molar-refractivity contribution < 1.29 is 4.74 Å². The number of piperazine rings is 1. The van der Waals surface area contributed by atoms with E-state index in [4.69, 9.17) is 4.74 Å². The van der Waals surface area contributed by atoms with Crippen LogP contribution in [0, 0.1) is 0 Å². The van der Waals surface area contributed by atoms with Gasteiger partial charge in [-0.2, -0.15) is 0 Å². The fraction of sp³-hybridized carbons (Fsp3) is 0.524. The minimum absolute atomic E-state index is 0.0917. The van der Waals surface area contributed by atoms with Crippen molar-refractivity contribution in [3.05, 3.63) is 46.0 Å². The van der Waals surface area contributed by atoms with Crippen molar-refractivity contribution in [2.45, 2.75) is 32.9 Å². The molecule has 4 rings (SSSR count). The van der Waals surface area contributed by atoms with E-state index in [9.17, 15) is 4.79 Å². The molecular formula is C21H29N7O2. The standard InChI is InChI=1S/C21H29N7O2/c1-5-30-16-6-7-18-15(12-16)13-17(21(29)22-18)19(27-10-8-26(4)9-11-27)20-23-24-25-28(20)14(2)3/h6-7,12-14,19H,5,8-11H2,1-4H3,(H,22,29). The number of H-pyrrole nitrogens is 1. The monoisotopic (exact) mass is 411 g/mol. The molecule has 9 heteroatoms. The van der Waals surface area contributed by atoms with E-state index in [0.29, 0.717) is 18.0 Å². The van der Waals surface area contributed by atoms with Gasteiger partial charge in [0, 0.05) is 42.6 Å². The molecule has 0 saturated carbocycles. The van der Waals surface area contributed by atoms with Crippen LogP contribution in [0.5, 0.6) is 5.75 Å². The highest BCUT2D eigenvalue weighted by molar-refractivity contribution is 5.80. The second-order valence-electron chi connectivity index (χ2n) is 8.05. The number of hydrogen-bond acceptors (Lipinski definition) is 7. The molecule has 1 aliphatic heterocycles. The maximum Gasteiger partial charge on any atom is 0.253 e. The predicted molar refractivity (Wildman–Crippen MR) is 115 cm³/mol. The number of ether oxygens (including phenoxy) is 1. The molecule has 2 aromatic heterocycles. The minimum atomic E-state index is -0.319. The van der Waals surface area contributed by atoms with Crippen LogP contribution in [-0.4, -0.2) is 74.8 Å². The zero-order chi connectivity index (χ0) is 21.3. The van der Waals surface area contributed by atoms with E-state index in [-0.39, 0.29) is 17.6 Å². The number of pyridine rings is 1. The quantitative estimate of drug-likeness (QED) is 0.661. The summed E-state index contributed by atoms with van der Waals surface area (Å²) in [6.45, 7) is 10.2. The first kappa shape index (κ1) is 20.5. The maximum absolute atomic E-state index is 13.2. The van der Waals surface area contributed by atoms with Gasteiger partial charge in [-0.1, -0.05) is 0 Å². The molecule has 1 N–H and O–H groups in total. The van der Waals surface area contributed by atoms with Crippen LogP contribution in [0.4, 0.5) is 0 Å². The molecule has 1 atom stereocenters. The van der Waals surface area contributed by atoms with Gasteiger partial charge >= 0.3 is 0 Å². The lowest BCUT2D eigenvalue weighted by atomic mass is 10.0. The van der Waals surface area contributed by atoms with Gasteiger partial charge in [-0.15, -0.1) is 5.10 Å². The number of tetrazole rings is 1. The number of aromatic nitrogens is 5. The van der Waals surface area contributed by atoms with Crippen molar-refractivity contribution in [3.63, 3.8) is 0 Å². The van der Waals surface area contributed by atoms with Crippen molar-refractivity contribution in [1.82, 2.24) is 35.0 Å². The first-order valence-electron chi connectivity index (χ1n) is 10.5. The fourth-order valence-electron chi connectivity index (χ4n) is 3.99. The van der Waals surface area contributed by atoms with Crippen molar-refractivity contribution in [3.8, 4) is 5.75 Å². The van der Waals surface area contributed by atoms with Crippen LogP contribution in [0.15, 0.2) is 29.1 Å². The Balaban J connectivity index is 1.85. The van der Waals surface area contributed by atoms with Crippen molar-refractivity contribution in [2.24, 2.45) is 0 Å². The van der Waals surface area contributed by atoms with Gasteiger partial charge in [0.05, 0.1) is 12.6 Å². The van der Waals surface area contributed by atoms with Gasteiger partial charge in [-0.05, 0) is 62.5 Å². The summed E-state index contributed by atoms with van der Waals surface area (Å²) < 4.78 is 7.46. The number of hydrogen-bond donors (Lipinski definition) is 1. The molecule has 3 aromatic rings. The van der Waals surface area contributed by atoms with Crippen LogP contribution < -0.4 is 10.3 Å². The van der Waals surface area contributed by atoms with E-state index in [1.165, 1.54) is 0 Å². The molecule has 0 amide bonds. The zero-order valence-corrected chi connectivity index (χ0v) is 18.0. The van der Waals surface area contributed by atoms with E-state index < -0.39 is 0 Å². The average molecular weight is 412 g/mol. The van der Waals surface area contributed by atoms with Gasteiger partial charge < -0.3 is 14.6 Å². The molecule has 0 radical (unpaired) electrons. The Morgan fingerprint density at radius 1 is 1.17 bits per heavy atom. The molecule has 160 valence electrons. The normalized spacial score (nSPS) is 17.0. The third-order valence-electron chi connectivity index (χ3n) is 5.61. The van der Waals surface area contributed by atoms with Crippen molar-refractivity contribution in [1.29, 1.82) is 0 Å². The number of nitrogens with zero attached hydrogens (tertiary/aromatic N) is 6. The Morgan fingerprint density at radius 2 is 1.93 bits per heavy atom. The largest absolute Gasteiger partial charge is 0.494 e. The second kappa shape index (κ2) is 8.53. The molecule has 30 heavy (non-hydrogen) atoms. The van der Waals surface area contributed by atoms with Gasteiger partial charge in [0.1, 0.15) is 11.8 Å². The third kappa shape index (κ3) is 3.95. The van der Waals surface area contributed by atoms with E-state index in [0.717, 1.165) is 42.8 Å². The van der Waals surface area contributed by atoms with Gasteiger partial charge in [0.2, 0.25) is 0 Å². The smallest absolute Gasteiger partial charge is 0.253 e. The number of aromatic amines is 1. The highest BCUT2D eigenvalue weighted by Gasteiger charge is 2.32. The molecule has 1 aliphatic rings. The molecule has 1 aromatic carbocycles. The minimum Gasteiger partial charge on any atom is -0.494 e. The second-order valence-corrected chi connectivity index (χ2v) is 8.05. The average Bonchev–Trinajstić information content (AvgIpc) is 3.20. The molecule has 0 spiro atoms. The van der Waals surface area contributed by atoms with Gasteiger partial charge in [-0.3, -0.25) is 9.69 Å². The van der Waals surface area contributed by atoms with Crippen LogP contribution >= 0.6 is 0 Å². The van der Waals surface area contributed by atoms with Crippen LogP contribution in [0.1, 0.15) is 44.2 Å². The molecule has 1 fully saturated rings. The van der Waals surface area contributed by atoms with Crippen molar-refractivity contribution in [2.75, 3.05) is 39.8 Å². The van der Waals surface area contributed by atoms with Crippen LogP contribution in [0.3, 0.4) is 0 Å². The SMILES string of the molecule is CCOc1ccc2[nH]c(=O)c(C(c3nnnn3C(C)C)N3CCN(C)CC3)cc2c1. The highest BCUT2D eigenvalue weighted by Crippen LogP contribution is 2.29. The first-order chi connectivity index (χ1) is 14.5. The Hall–Kier alpha value is -2.78. The first-order valence-corrected chi connectivity index (χ1v) is 10.5. The van der Waals surface area contributed by atoms with Crippen LogP contribution in [-0.2, 0) is 0 Å². The molecule has 0 aliphatic carbocycles. The molecule has 1 saturated heterocycles. The zero-order valence-electron chi connectivity index (χ0n) is 18.0. The summed E-state index contributed by atoms with van der Waals surface area (Å²) in [7, 11) is 2.11. The lowest BCUT2D eigenvalue weighted by Crippen LogP contribution is -2.47. The lowest BCUT2D eigenvalue weighted by molar-refractivity contribution is 0.120. The van der Waals surface area contributed by atoms with Crippen LogP contribution in [0.2, 0.25) is 0 Å². The predicted octanol–water partition coefficient (Wildman–Crippen LogP) is 1.83. The van der Waals surface area contributed by atoms with Crippen molar-refractivity contribution >= 4 is 10.9 Å². The van der Waals surface area contributed by atoms with E-state index in [2.05, 4.69) is 37.4 Å². The summed E-state index contributed by atoms with van der Waals surface area (Å²) in [5.41, 5.74) is 1.32. The van der Waals surface area contributed by atoms with Gasteiger partial charge in [0.25, 0.3) is 5.56 Å². The summed E-state index contributed by atoms with van der Waals surface area (Å²) >= 11 is 0. The third-order valence-corrected chi connectivity index (χ3v) is 5.61. The van der Waals surface area contributed by atoms with E-state index in [1.54, 1.807) is 0 Å². The molecule has 3 heterocycles. The summed E-state index contributed by atoms with van der Waals surface area (Å²) in [5.74, 6) is 1.48. The Kier molecular flexibility index (Phi) is 5.83. The molecule has 1 unspecified atom stereocenters. The highest BCUT2D eigenvalue weighted by atomic mass is 16.5. The van der Waals surface area contributed by atoms with Gasteiger partial charge in [-0.25, -0.2) is 4.68 Å². The van der Waals surface area contributed by atoms with E-state index in [1.807, 2.05) is 49.7 Å². The summed E-state index contributed by atoms with van der Waals surface area (Å²) in [5, 5.41) is 13.4. The number of fused-ring (bicyclic) bond motifs is 1. The number of benzene rings is 1. The molecule has 9 nitrogen and oxygen atoms in total. The van der Waals surface area contributed by atoms with Gasteiger partial charge in [0.15, 0.2) is 5.82 Å². The summed E-state index contributed by atoms with van der Waals surface area (Å²) in [4.78, 5) is 20.8. The summed E-state index contributed by atoms with van der Waals surface area (Å²) in [6.07, 6.45) is 0. The molecular weight excluding hydrogens is 382 g/mol. The Bertz CT molecular complexity index is 1070. The van der Waals surface area contributed by atoms with Crippen LogP contribution in [0.25, 0.3) is 10.9 Å². The fourth-order valence-corrected chi connectivity index (χ4v) is 3.99.